The zero-order valence-electron chi connectivity index (χ0n) is 12.3. The number of benzene rings is 1. The van der Waals surface area contributed by atoms with Gasteiger partial charge in [0, 0.05) is 17.8 Å². The molecule has 1 aromatic carbocycles. The van der Waals surface area contributed by atoms with Gasteiger partial charge in [-0.15, -0.1) is 36.8 Å². The van der Waals surface area contributed by atoms with E-state index in [2.05, 4.69) is 32.8 Å². The number of halogens is 1. The van der Waals surface area contributed by atoms with Crippen LogP contribution < -0.4 is 16.0 Å². The van der Waals surface area contributed by atoms with Crippen molar-refractivity contribution in [3.63, 3.8) is 0 Å². The number of nitrogens with one attached hydrogen (secondary N) is 3. The van der Waals surface area contributed by atoms with Crippen molar-refractivity contribution in [1.82, 2.24) is 10.6 Å². The summed E-state index contributed by atoms with van der Waals surface area (Å²) in [7, 11) is 0. The molecular formula is C16H19IN4O. The molecular weight excluding hydrogens is 391 g/mol. The molecule has 116 valence electrons. The van der Waals surface area contributed by atoms with Gasteiger partial charge in [-0.1, -0.05) is 17.9 Å². The van der Waals surface area contributed by atoms with Crippen molar-refractivity contribution in [1.29, 1.82) is 0 Å². The Balaban J connectivity index is 0.00000441. The van der Waals surface area contributed by atoms with Gasteiger partial charge in [-0.05, 0) is 25.1 Å². The molecule has 0 spiro atoms. The fraction of sp³-hybridized carbons (Fsp3) is 0.250. The molecule has 5 nitrogen and oxygen atoms in total. The third-order valence-electron chi connectivity index (χ3n) is 2.40. The van der Waals surface area contributed by atoms with E-state index in [1.54, 1.807) is 24.3 Å². The van der Waals surface area contributed by atoms with Gasteiger partial charge < -0.3 is 16.0 Å². The SMILES string of the molecule is C#CCNC(=NCC(=O)Nc1cccc(C#C)c1)NCC.I. The molecule has 0 aliphatic carbocycles. The molecule has 1 aromatic rings. The van der Waals surface area contributed by atoms with Crippen molar-refractivity contribution < 1.29 is 4.79 Å². The monoisotopic (exact) mass is 410 g/mol. The highest BCUT2D eigenvalue weighted by Crippen LogP contribution is 2.09. The van der Waals surface area contributed by atoms with E-state index in [1.807, 2.05) is 6.92 Å². The van der Waals surface area contributed by atoms with E-state index in [1.165, 1.54) is 0 Å². The van der Waals surface area contributed by atoms with Crippen LogP contribution in [0.1, 0.15) is 12.5 Å². The van der Waals surface area contributed by atoms with Crippen LogP contribution in [-0.2, 0) is 4.79 Å². The largest absolute Gasteiger partial charge is 0.357 e. The summed E-state index contributed by atoms with van der Waals surface area (Å²) in [6.07, 6.45) is 10.5. The molecule has 0 fully saturated rings. The van der Waals surface area contributed by atoms with Crippen LogP contribution in [0, 0.1) is 24.7 Å². The summed E-state index contributed by atoms with van der Waals surface area (Å²) in [5, 5.41) is 8.63. The van der Waals surface area contributed by atoms with Gasteiger partial charge in [-0.2, -0.15) is 0 Å². The minimum Gasteiger partial charge on any atom is -0.357 e. The molecule has 0 atom stereocenters. The van der Waals surface area contributed by atoms with Crippen LogP contribution >= 0.6 is 24.0 Å². The summed E-state index contributed by atoms with van der Waals surface area (Å²) < 4.78 is 0. The minimum atomic E-state index is -0.234. The Morgan fingerprint density at radius 2 is 2.09 bits per heavy atom. The highest BCUT2D eigenvalue weighted by molar-refractivity contribution is 14.0. The van der Waals surface area contributed by atoms with E-state index < -0.39 is 0 Å². The number of nitrogens with zero attached hydrogens (tertiary/aromatic N) is 1. The van der Waals surface area contributed by atoms with E-state index in [9.17, 15) is 4.79 Å². The molecule has 6 heteroatoms. The number of hydrogen-bond acceptors (Lipinski definition) is 2. The van der Waals surface area contributed by atoms with Crippen molar-refractivity contribution in [2.75, 3.05) is 25.0 Å². The summed E-state index contributed by atoms with van der Waals surface area (Å²) in [5.41, 5.74) is 1.35. The molecule has 1 amide bonds. The molecule has 3 N–H and O–H groups in total. The Bertz CT molecular complexity index is 599. The lowest BCUT2D eigenvalue weighted by atomic mass is 10.2. The zero-order valence-corrected chi connectivity index (χ0v) is 14.7. The summed E-state index contributed by atoms with van der Waals surface area (Å²) in [6, 6.07) is 7.07. The average Bonchev–Trinajstić information content (AvgIpc) is 2.50. The van der Waals surface area contributed by atoms with Gasteiger partial charge in [0.05, 0.1) is 6.54 Å². The molecule has 0 heterocycles. The van der Waals surface area contributed by atoms with Crippen LogP contribution in [0.2, 0.25) is 0 Å². The molecule has 0 aromatic heterocycles. The molecule has 0 aliphatic rings. The molecule has 0 saturated carbocycles. The summed E-state index contributed by atoms with van der Waals surface area (Å²) in [4.78, 5) is 16.0. The number of guanidine groups is 1. The van der Waals surface area contributed by atoms with E-state index >= 15 is 0 Å². The van der Waals surface area contributed by atoms with E-state index in [4.69, 9.17) is 12.8 Å². The van der Waals surface area contributed by atoms with Crippen molar-refractivity contribution in [2.45, 2.75) is 6.92 Å². The van der Waals surface area contributed by atoms with Crippen LogP contribution in [0.15, 0.2) is 29.3 Å². The lowest BCUT2D eigenvalue weighted by molar-refractivity contribution is -0.114. The maximum atomic E-state index is 11.8. The highest BCUT2D eigenvalue weighted by atomic mass is 127. The third-order valence-corrected chi connectivity index (χ3v) is 2.40. The van der Waals surface area contributed by atoms with Crippen molar-refractivity contribution in [2.24, 2.45) is 4.99 Å². The predicted molar refractivity (Wildman–Crippen MR) is 101 cm³/mol. The van der Waals surface area contributed by atoms with E-state index in [-0.39, 0.29) is 36.4 Å². The molecule has 1 rings (SSSR count). The molecule has 0 unspecified atom stereocenters. The summed E-state index contributed by atoms with van der Waals surface area (Å²) in [6.45, 7) is 2.94. The Morgan fingerprint density at radius 3 is 2.73 bits per heavy atom. The van der Waals surface area contributed by atoms with Crippen LogP contribution in [0.3, 0.4) is 0 Å². The standard InChI is InChI=1S/C16H18N4O.HI/c1-4-10-18-16(17-6-3)19-12-15(21)20-14-9-7-8-13(5-2)11-14;/h1-2,7-9,11H,6,10,12H2,3H3,(H,20,21)(H2,17,18,19);1H. The molecule has 22 heavy (non-hydrogen) atoms. The van der Waals surface area contributed by atoms with Crippen molar-refractivity contribution in [3.8, 4) is 24.7 Å². The Kier molecular flexibility index (Phi) is 10.3. The Hall–Kier alpha value is -2.19. The average molecular weight is 410 g/mol. The number of amides is 1. The number of anilines is 1. The predicted octanol–water partition coefficient (Wildman–Crippen LogP) is 1.41. The summed E-state index contributed by atoms with van der Waals surface area (Å²) in [5.74, 6) is 5.23. The number of carbonyl (C=O) groups excluding carboxylic acids is 1. The Morgan fingerprint density at radius 1 is 1.32 bits per heavy atom. The maximum Gasteiger partial charge on any atom is 0.246 e. The fourth-order valence-corrected chi connectivity index (χ4v) is 1.51. The van der Waals surface area contributed by atoms with Gasteiger partial charge in [0.1, 0.15) is 6.54 Å². The van der Waals surface area contributed by atoms with Gasteiger partial charge in [-0.25, -0.2) is 4.99 Å². The minimum absolute atomic E-state index is 0. The van der Waals surface area contributed by atoms with Gasteiger partial charge in [-0.3, -0.25) is 4.79 Å². The molecule has 0 radical (unpaired) electrons. The first-order valence-corrected chi connectivity index (χ1v) is 6.51. The second-order valence-electron chi connectivity index (χ2n) is 4.03. The number of terminal acetylenes is 2. The first-order chi connectivity index (χ1) is 10.2. The van der Waals surface area contributed by atoms with E-state index in [0.29, 0.717) is 30.3 Å². The first-order valence-electron chi connectivity index (χ1n) is 6.51. The lowest BCUT2D eigenvalue weighted by Crippen LogP contribution is -2.38. The Labute approximate surface area is 148 Å². The second-order valence-corrected chi connectivity index (χ2v) is 4.03. The zero-order chi connectivity index (χ0) is 15.5. The maximum absolute atomic E-state index is 11.8. The lowest BCUT2D eigenvalue weighted by Gasteiger charge is -2.09. The van der Waals surface area contributed by atoms with Crippen LogP contribution in [0.25, 0.3) is 0 Å². The number of rotatable bonds is 5. The summed E-state index contributed by atoms with van der Waals surface area (Å²) >= 11 is 0. The second kappa shape index (κ2) is 11.5. The normalized spacial score (nSPS) is 9.68. The smallest absolute Gasteiger partial charge is 0.246 e. The van der Waals surface area contributed by atoms with Crippen molar-refractivity contribution in [3.05, 3.63) is 29.8 Å². The number of carbonyl (C=O) groups is 1. The fourth-order valence-electron chi connectivity index (χ4n) is 1.51. The molecule has 0 saturated heterocycles. The molecule has 0 bridgehead atoms. The van der Waals surface area contributed by atoms with Crippen molar-refractivity contribution >= 4 is 41.5 Å². The van der Waals surface area contributed by atoms with Crippen LogP contribution in [-0.4, -0.2) is 31.5 Å². The first kappa shape index (κ1) is 19.8. The highest BCUT2D eigenvalue weighted by Gasteiger charge is 2.03. The van der Waals surface area contributed by atoms with Gasteiger partial charge in [0.2, 0.25) is 5.91 Å². The van der Waals surface area contributed by atoms with Gasteiger partial charge in [0.25, 0.3) is 0 Å². The molecule has 0 aliphatic heterocycles. The number of hydrogen-bond donors (Lipinski definition) is 3. The van der Waals surface area contributed by atoms with Crippen LogP contribution in [0.4, 0.5) is 5.69 Å². The topological polar surface area (TPSA) is 65.5 Å². The quantitative estimate of drug-likeness (QED) is 0.298. The van der Waals surface area contributed by atoms with Crippen LogP contribution in [0.5, 0.6) is 0 Å². The van der Waals surface area contributed by atoms with Gasteiger partial charge >= 0.3 is 0 Å². The van der Waals surface area contributed by atoms with E-state index in [0.717, 1.165) is 0 Å². The van der Waals surface area contributed by atoms with Gasteiger partial charge in [0.15, 0.2) is 5.96 Å². The third kappa shape index (κ3) is 7.55. The number of aliphatic imine (C=N–C) groups is 1.